The summed E-state index contributed by atoms with van der Waals surface area (Å²) in [5.41, 5.74) is 0.816. The van der Waals surface area contributed by atoms with Gasteiger partial charge in [-0.15, -0.1) is 0 Å². The maximum atomic E-state index is 11.6. The zero-order valence-corrected chi connectivity index (χ0v) is 11.3. The lowest BCUT2D eigenvalue weighted by molar-refractivity contribution is -0.171. The molecule has 3 nitrogen and oxygen atoms in total. The minimum absolute atomic E-state index is 0.0987. The minimum atomic E-state index is -1.80. The molecule has 0 aliphatic carbocycles. The van der Waals surface area contributed by atoms with E-state index in [9.17, 15) is 4.79 Å². The highest BCUT2D eigenvalue weighted by Gasteiger charge is 2.36. The van der Waals surface area contributed by atoms with Crippen molar-refractivity contribution in [3.05, 3.63) is 35.9 Å². The molecular weight excluding hydrogens is 286 g/mol. The lowest BCUT2D eigenvalue weighted by Gasteiger charge is -2.22. The first-order chi connectivity index (χ1) is 7.93. The van der Waals surface area contributed by atoms with E-state index in [0.717, 1.165) is 5.56 Å². The molecule has 0 heterocycles. The molecule has 0 bridgehead atoms. The maximum absolute atomic E-state index is 11.6. The van der Waals surface area contributed by atoms with E-state index in [1.54, 1.807) is 12.1 Å². The fraction of sp³-hybridized carbons (Fsp3) is 0.364. The van der Waals surface area contributed by atoms with E-state index in [1.807, 2.05) is 18.2 Å². The lowest BCUT2D eigenvalue weighted by Crippen LogP contribution is -2.33. The molecule has 94 valence electrons. The zero-order valence-electron chi connectivity index (χ0n) is 9.03. The molecule has 0 amide bonds. The number of carbonyl (C=O) groups excluding carboxylic acids is 1. The van der Waals surface area contributed by atoms with E-state index in [4.69, 9.17) is 44.3 Å². The first kappa shape index (κ1) is 14.6. The van der Waals surface area contributed by atoms with Gasteiger partial charge in [-0.2, -0.15) is 0 Å². The Balaban J connectivity index is 2.55. The van der Waals surface area contributed by atoms with Gasteiger partial charge in [-0.3, -0.25) is 4.79 Å². The number of alkyl halides is 3. The van der Waals surface area contributed by atoms with Gasteiger partial charge in [0.2, 0.25) is 0 Å². The Labute approximate surface area is 115 Å². The molecule has 1 atom stereocenters. The second-order valence-electron chi connectivity index (χ2n) is 3.26. The molecule has 0 saturated carbocycles. The average molecular weight is 298 g/mol. The Morgan fingerprint density at radius 2 is 1.88 bits per heavy atom. The Hall–Kier alpha value is -0.480. The molecule has 6 heteroatoms. The molecule has 0 N–H and O–H groups in total. The summed E-state index contributed by atoms with van der Waals surface area (Å²) in [6, 6.07) is 9.11. The van der Waals surface area contributed by atoms with Crippen LogP contribution in [0.25, 0.3) is 0 Å². The number of carbonyl (C=O) groups is 1. The molecule has 1 aromatic rings. The molecule has 0 aromatic heterocycles. The third-order valence-electron chi connectivity index (χ3n) is 1.91. The van der Waals surface area contributed by atoms with Crippen molar-refractivity contribution in [3.63, 3.8) is 0 Å². The second-order valence-corrected chi connectivity index (χ2v) is 5.63. The van der Waals surface area contributed by atoms with Gasteiger partial charge < -0.3 is 9.47 Å². The van der Waals surface area contributed by atoms with E-state index in [1.165, 1.54) is 7.11 Å². The van der Waals surface area contributed by atoms with Crippen molar-refractivity contribution in [1.82, 2.24) is 0 Å². The summed E-state index contributed by atoms with van der Waals surface area (Å²) in [5, 5.41) is 0. The van der Waals surface area contributed by atoms with Crippen LogP contribution in [0.3, 0.4) is 0 Å². The summed E-state index contributed by atoms with van der Waals surface area (Å²) >= 11 is 16.7. The number of hydrogen-bond donors (Lipinski definition) is 0. The molecule has 1 rings (SSSR count). The highest BCUT2D eigenvalue weighted by Crippen LogP contribution is 2.32. The minimum Gasteiger partial charge on any atom is -0.431 e. The molecule has 0 saturated heterocycles. The molecule has 0 aliphatic heterocycles. The van der Waals surface area contributed by atoms with Crippen molar-refractivity contribution in [3.8, 4) is 0 Å². The third-order valence-corrected chi connectivity index (χ3v) is 2.45. The van der Waals surface area contributed by atoms with Gasteiger partial charge in [-0.1, -0.05) is 65.1 Å². The number of methoxy groups -OCH3 is 1. The fourth-order valence-corrected chi connectivity index (χ4v) is 1.57. The van der Waals surface area contributed by atoms with E-state index in [2.05, 4.69) is 0 Å². The smallest absolute Gasteiger partial charge is 0.312 e. The molecule has 17 heavy (non-hydrogen) atoms. The van der Waals surface area contributed by atoms with Crippen molar-refractivity contribution in [2.24, 2.45) is 0 Å². The van der Waals surface area contributed by atoms with Crippen LogP contribution in [-0.4, -0.2) is 23.2 Å². The van der Waals surface area contributed by atoms with Crippen molar-refractivity contribution in [2.75, 3.05) is 7.11 Å². The van der Waals surface area contributed by atoms with Crippen LogP contribution >= 0.6 is 34.8 Å². The molecule has 0 spiro atoms. The van der Waals surface area contributed by atoms with Crippen LogP contribution in [0.5, 0.6) is 0 Å². The van der Waals surface area contributed by atoms with Crippen LogP contribution in [0.4, 0.5) is 0 Å². The Kier molecular flexibility index (Phi) is 5.53. The summed E-state index contributed by atoms with van der Waals surface area (Å²) < 4.78 is 7.89. The second kappa shape index (κ2) is 6.45. The van der Waals surface area contributed by atoms with E-state index < -0.39 is 16.1 Å². The average Bonchev–Trinajstić information content (AvgIpc) is 2.25. The standard InChI is InChI=1S/C11H11Cl3O3/c1-16-10(11(12,13)14)17-9(15)7-8-5-3-2-4-6-8/h2-6,10H,7H2,1H3. The van der Waals surface area contributed by atoms with Gasteiger partial charge in [-0.05, 0) is 5.56 Å². The van der Waals surface area contributed by atoms with Gasteiger partial charge in [0, 0.05) is 7.11 Å². The number of hydrogen-bond acceptors (Lipinski definition) is 3. The van der Waals surface area contributed by atoms with E-state index >= 15 is 0 Å². The van der Waals surface area contributed by atoms with Crippen LogP contribution in [0, 0.1) is 0 Å². The number of esters is 1. The largest absolute Gasteiger partial charge is 0.431 e. The summed E-state index contributed by atoms with van der Waals surface area (Å²) in [4.78, 5) is 11.6. The first-order valence-corrected chi connectivity index (χ1v) is 5.90. The quantitative estimate of drug-likeness (QED) is 0.487. The number of rotatable bonds is 4. The number of halogens is 3. The maximum Gasteiger partial charge on any atom is 0.312 e. The SMILES string of the molecule is COC(OC(=O)Cc1ccccc1)C(Cl)(Cl)Cl. The zero-order chi connectivity index (χ0) is 12.9. The summed E-state index contributed by atoms with van der Waals surface area (Å²) in [7, 11) is 1.29. The van der Waals surface area contributed by atoms with Crippen molar-refractivity contribution < 1.29 is 14.3 Å². The third kappa shape index (κ3) is 5.13. The Bertz CT molecular complexity index is 362. The van der Waals surface area contributed by atoms with Crippen LogP contribution in [0.15, 0.2) is 30.3 Å². The van der Waals surface area contributed by atoms with Gasteiger partial charge in [0.1, 0.15) is 0 Å². The van der Waals surface area contributed by atoms with Crippen molar-refractivity contribution in [2.45, 2.75) is 16.5 Å². The first-order valence-electron chi connectivity index (χ1n) is 4.76. The summed E-state index contributed by atoms with van der Waals surface area (Å²) in [5.74, 6) is -0.519. The molecule has 0 fully saturated rings. The normalized spacial score (nSPS) is 13.2. The predicted octanol–water partition coefficient (Wildman–Crippen LogP) is 3.12. The van der Waals surface area contributed by atoms with Crippen LogP contribution < -0.4 is 0 Å². The monoisotopic (exact) mass is 296 g/mol. The Morgan fingerprint density at radius 3 is 2.35 bits per heavy atom. The Morgan fingerprint density at radius 1 is 1.29 bits per heavy atom. The van der Waals surface area contributed by atoms with Gasteiger partial charge in [0.05, 0.1) is 6.42 Å². The van der Waals surface area contributed by atoms with Crippen molar-refractivity contribution in [1.29, 1.82) is 0 Å². The van der Waals surface area contributed by atoms with Gasteiger partial charge in [0.25, 0.3) is 10.1 Å². The highest BCUT2D eigenvalue weighted by molar-refractivity contribution is 6.68. The van der Waals surface area contributed by atoms with Crippen LogP contribution in [0.1, 0.15) is 5.56 Å². The van der Waals surface area contributed by atoms with E-state index in [-0.39, 0.29) is 6.42 Å². The summed E-state index contributed by atoms with van der Waals surface area (Å²) in [6.07, 6.45) is -1.12. The molecule has 1 unspecified atom stereocenters. The van der Waals surface area contributed by atoms with Gasteiger partial charge >= 0.3 is 5.97 Å². The van der Waals surface area contributed by atoms with E-state index in [0.29, 0.717) is 0 Å². The molecule has 1 aromatic carbocycles. The van der Waals surface area contributed by atoms with Gasteiger partial charge in [-0.25, -0.2) is 0 Å². The lowest BCUT2D eigenvalue weighted by atomic mass is 10.2. The number of ether oxygens (including phenoxy) is 2. The van der Waals surface area contributed by atoms with Crippen LogP contribution in [-0.2, 0) is 20.7 Å². The summed E-state index contributed by atoms with van der Waals surface area (Å²) in [6.45, 7) is 0. The predicted molar refractivity (Wildman–Crippen MR) is 67.3 cm³/mol. The molecule has 0 radical (unpaired) electrons. The topological polar surface area (TPSA) is 35.5 Å². The highest BCUT2D eigenvalue weighted by atomic mass is 35.6. The van der Waals surface area contributed by atoms with Gasteiger partial charge in [0.15, 0.2) is 0 Å². The fourth-order valence-electron chi connectivity index (χ4n) is 1.17. The van der Waals surface area contributed by atoms with Crippen molar-refractivity contribution >= 4 is 40.8 Å². The molecule has 0 aliphatic rings. The number of benzene rings is 1. The molecular formula is C11H11Cl3O3. The van der Waals surface area contributed by atoms with Crippen LogP contribution in [0.2, 0.25) is 0 Å².